The maximum Gasteiger partial charge on any atom is 0.130 e. The van der Waals surface area contributed by atoms with Gasteiger partial charge in [0.2, 0.25) is 0 Å². The van der Waals surface area contributed by atoms with E-state index in [1.165, 1.54) is 30.6 Å². The second-order valence-corrected chi connectivity index (χ2v) is 5.10. The van der Waals surface area contributed by atoms with Gasteiger partial charge in [-0.25, -0.2) is 4.98 Å². The fourth-order valence-electron chi connectivity index (χ4n) is 1.66. The molecule has 0 amide bonds. The minimum Gasteiger partial charge on any atom is -0.244 e. The third-order valence-corrected chi connectivity index (χ3v) is 3.84. The highest BCUT2D eigenvalue weighted by Gasteiger charge is 2.15. The molecule has 0 N–H and O–H groups in total. The molecule has 1 aromatic heterocycles. The molecular weight excluding hydrogens is 202 g/mol. The van der Waals surface area contributed by atoms with Crippen LogP contribution in [0, 0.1) is 0 Å². The number of rotatable bonds is 2. The molecule has 0 radical (unpaired) electrons. The van der Waals surface area contributed by atoms with Gasteiger partial charge in [-0.3, -0.25) is 0 Å². The first-order valence-corrected chi connectivity index (χ1v) is 5.88. The van der Waals surface area contributed by atoms with Crippen molar-refractivity contribution < 1.29 is 0 Å². The first-order valence-electron chi connectivity index (χ1n) is 4.63. The standard InChI is InChI=1S/C10H12ClNS/c11-10-7-9(5-6-12-10)13-8-3-1-2-4-8/h5-8H,1-4H2. The molecule has 0 spiro atoms. The van der Waals surface area contributed by atoms with E-state index < -0.39 is 0 Å². The Morgan fingerprint density at radius 2 is 2.15 bits per heavy atom. The number of nitrogens with zero attached hydrogens (tertiary/aromatic N) is 1. The van der Waals surface area contributed by atoms with Crippen molar-refractivity contribution in [2.75, 3.05) is 0 Å². The summed E-state index contributed by atoms with van der Waals surface area (Å²) >= 11 is 7.75. The quantitative estimate of drug-likeness (QED) is 0.694. The van der Waals surface area contributed by atoms with Gasteiger partial charge in [0.15, 0.2) is 0 Å². The summed E-state index contributed by atoms with van der Waals surface area (Å²) in [6.07, 6.45) is 7.25. The van der Waals surface area contributed by atoms with E-state index >= 15 is 0 Å². The SMILES string of the molecule is Clc1cc(SC2CCCC2)ccn1. The fraction of sp³-hybridized carbons (Fsp3) is 0.500. The summed E-state index contributed by atoms with van der Waals surface area (Å²) in [5.41, 5.74) is 0. The average molecular weight is 214 g/mol. The highest BCUT2D eigenvalue weighted by molar-refractivity contribution is 8.00. The zero-order valence-electron chi connectivity index (χ0n) is 7.37. The average Bonchev–Trinajstić information content (AvgIpc) is 2.57. The van der Waals surface area contributed by atoms with Crippen LogP contribution >= 0.6 is 23.4 Å². The van der Waals surface area contributed by atoms with Crippen LogP contribution in [0.1, 0.15) is 25.7 Å². The van der Waals surface area contributed by atoms with Crippen molar-refractivity contribution >= 4 is 23.4 Å². The molecule has 0 bridgehead atoms. The van der Waals surface area contributed by atoms with Gasteiger partial charge in [-0.1, -0.05) is 24.4 Å². The van der Waals surface area contributed by atoms with E-state index in [9.17, 15) is 0 Å². The van der Waals surface area contributed by atoms with Crippen molar-refractivity contribution in [3.63, 3.8) is 0 Å². The number of thioether (sulfide) groups is 1. The molecule has 0 unspecified atom stereocenters. The van der Waals surface area contributed by atoms with Gasteiger partial charge in [-0.15, -0.1) is 11.8 Å². The molecule has 0 aliphatic heterocycles. The Morgan fingerprint density at radius 1 is 1.38 bits per heavy atom. The van der Waals surface area contributed by atoms with Crippen LogP contribution in [0.2, 0.25) is 5.15 Å². The van der Waals surface area contributed by atoms with E-state index in [0.717, 1.165) is 5.25 Å². The third kappa shape index (κ3) is 2.61. The van der Waals surface area contributed by atoms with E-state index in [1.807, 2.05) is 23.9 Å². The van der Waals surface area contributed by atoms with E-state index in [1.54, 1.807) is 6.20 Å². The first kappa shape index (κ1) is 9.35. The Labute approximate surface area is 87.9 Å². The Hall–Kier alpha value is -0.210. The summed E-state index contributed by atoms with van der Waals surface area (Å²) in [6.45, 7) is 0. The predicted molar refractivity (Wildman–Crippen MR) is 57.4 cm³/mol. The van der Waals surface area contributed by atoms with Gasteiger partial charge in [0.05, 0.1) is 0 Å². The highest BCUT2D eigenvalue weighted by atomic mass is 35.5. The lowest BCUT2D eigenvalue weighted by atomic mass is 10.4. The summed E-state index contributed by atoms with van der Waals surface area (Å²) < 4.78 is 0. The molecule has 0 saturated heterocycles. The topological polar surface area (TPSA) is 12.9 Å². The second-order valence-electron chi connectivity index (χ2n) is 3.34. The Balaban J connectivity index is 2.00. The summed E-state index contributed by atoms with van der Waals surface area (Å²) in [6, 6.07) is 3.99. The maximum absolute atomic E-state index is 5.81. The molecular formula is C10H12ClNS. The molecule has 3 heteroatoms. The Morgan fingerprint density at radius 3 is 2.85 bits per heavy atom. The van der Waals surface area contributed by atoms with Crippen molar-refractivity contribution in [3.8, 4) is 0 Å². The summed E-state index contributed by atoms with van der Waals surface area (Å²) in [5.74, 6) is 0. The molecule has 0 atom stereocenters. The smallest absolute Gasteiger partial charge is 0.130 e. The van der Waals surface area contributed by atoms with Crippen molar-refractivity contribution in [3.05, 3.63) is 23.5 Å². The monoisotopic (exact) mass is 213 g/mol. The van der Waals surface area contributed by atoms with E-state index in [4.69, 9.17) is 11.6 Å². The summed E-state index contributed by atoms with van der Waals surface area (Å²) in [4.78, 5) is 5.22. The number of aromatic nitrogens is 1. The van der Waals surface area contributed by atoms with Gasteiger partial charge in [-0.2, -0.15) is 0 Å². The zero-order valence-corrected chi connectivity index (χ0v) is 8.94. The van der Waals surface area contributed by atoms with Crippen LogP contribution in [-0.4, -0.2) is 10.2 Å². The first-order chi connectivity index (χ1) is 6.34. The molecule has 1 aliphatic carbocycles. The zero-order chi connectivity index (χ0) is 9.10. The lowest BCUT2D eigenvalue weighted by molar-refractivity contribution is 0.886. The number of halogens is 1. The molecule has 1 aliphatic rings. The lowest BCUT2D eigenvalue weighted by Gasteiger charge is -2.07. The van der Waals surface area contributed by atoms with Crippen LogP contribution in [0.4, 0.5) is 0 Å². The van der Waals surface area contributed by atoms with Gasteiger partial charge in [0.1, 0.15) is 5.15 Å². The normalized spacial score (nSPS) is 17.9. The van der Waals surface area contributed by atoms with Crippen molar-refractivity contribution in [1.29, 1.82) is 0 Å². The number of pyridine rings is 1. The maximum atomic E-state index is 5.81. The third-order valence-electron chi connectivity index (χ3n) is 2.30. The van der Waals surface area contributed by atoms with Gasteiger partial charge < -0.3 is 0 Å². The van der Waals surface area contributed by atoms with E-state index in [2.05, 4.69) is 4.98 Å². The highest BCUT2D eigenvalue weighted by Crippen LogP contribution is 2.34. The van der Waals surface area contributed by atoms with Crippen LogP contribution in [0.25, 0.3) is 0 Å². The fourth-order valence-corrected chi connectivity index (χ4v) is 3.17. The molecule has 1 heterocycles. The van der Waals surface area contributed by atoms with E-state index in [0.29, 0.717) is 5.15 Å². The minimum absolute atomic E-state index is 0.600. The van der Waals surface area contributed by atoms with Crippen LogP contribution in [0.3, 0.4) is 0 Å². The lowest BCUT2D eigenvalue weighted by Crippen LogP contribution is -1.92. The van der Waals surface area contributed by atoms with Crippen molar-refractivity contribution in [2.45, 2.75) is 35.8 Å². The Bertz CT molecular complexity index is 284. The van der Waals surface area contributed by atoms with Crippen LogP contribution in [-0.2, 0) is 0 Å². The Kier molecular flexibility index (Phi) is 3.12. The van der Waals surface area contributed by atoms with E-state index in [-0.39, 0.29) is 0 Å². The minimum atomic E-state index is 0.600. The van der Waals surface area contributed by atoms with Crippen molar-refractivity contribution in [1.82, 2.24) is 4.98 Å². The molecule has 1 aromatic rings. The van der Waals surface area contributed by atoms with Crippen LogP contribution in [0.5, 0.6) is 0 Å². The van der Waals surface area contributed by atoms with Crippen LogP contribution in [0.15, 0.2) is 23.2 Å². The number of hydrogen-bond acceptors (Lipinski definition) is 2. The predicted octanol–water partition coefficient (Wildman–Crippen LogP) is 3.77. The molecule has 1 nitrogen and oxygen atoms in total. The van der Waals surface area contributed by atoms with Gasteiger partial charge >= 0.3 is 0 Å². The van der Waals surface area contributed by atoms with Gasteiger partial charge in [0.25, 0.3) is 0 Å². The second kappa shape index (κ2) is 4.34. The molecule has 1 fully saturated rings. The largest absolute Gasteiger partial charge is 0.244 e. The number of hydrogen-bond donors (Lipinski definition) is 0. The summed E-state index contributed by atoms with van der Waals surface area (Å²) in [5, 5.41) is 1.40. The summed E-state index contributed by atoms with van der Waals surface area (Å²) in [7, 11) is 0. The molecule has 0 aromatic carbocycles. The molecule has 13 heavy (non-hydrogen) atoms. The van der Waals surface area contributed by atoms with Crippen molar-refractivity contribution in [2.24, 2.45) is 0 Å². The molecule has 2 rings (SSSR count). The van der Waals surface area contributed by atoms with Gasteiger partial charge in [0, 0.05) is 16.3 Å². The van der Waals surface area contributed by atoms with Crippen LogP contribution < -0.4 is 0 Å². The molecule has 1 saturated carbocycles. The molecule has 70 valence electrons. The van der Waals surface area contributed by atoms with Gasteiger partial charge in [-0.05, 0) is 25.0 Å².